The quantitative estimate of drug-likeness (QED) is 0.411. The van der Waals surface area contributed by atoms with Crippen LogP contribution in [0.4, 0.5) is 0 Å². The van der Waals surface area contributed by atoms with E-state index in [0.717, 1.165) is 6.42 Å². The first-order valence-electron chi connectivity index (χ1n) is 6.73. The summed E-state index contributed by atoms with van der Waals surface area (Å²) < 4.78 is 4.05. The number of hydrogen-bond acceptors (Lipinski definition) is 5. The van der Waals surface area contributed by atoms with E-state index >= 15 is 0 Å². The minimum atomic E-state index is 0.174. The molecule has 5 heteroatoms. The Labute approximate surface area is 134 Å². The molecule has 0 radical (unpaired) electrons. The first-order chi connectivity index (χ1) is 10.3. The van der Waals surface area contributed by atoms with Crippen molar-refractivity contribution in [3.8, 4) is 0 Å². The Hall–Kier alpha value is -1.24. The smallest absolute Gasteiger partial charge is 0.0594 e. The molecule has 1 unspecified atom stereocenters. The summed E-state index contributed by atoms with van der Waals surface area (Å²) >= 11 is 5.43. The molecular formula is C16H14N2S3. The van der Waals surface area contributed by atoms with E-state index in [1.54, 1.807) is 22.7 Å². The number of rotatable bonds is 4. The predicted octanol–water partition coefficient (Wildman–Crippen LogP) is 4.92. The molecule has 0 saturated heterocycles. The lowest BCUT2D eigenvalue weighted by Crippen LogP contribution is -2.28. The number of nitrogens with one attached hydrogen (secondary N) is 1. The first kappa shape index (κ1) is 13.4. The molecule has 21 heavy (non-hydrogen) atoms. The van der Waals surface area contributed by atoms with Crippen molar-refractivity contribution in [3.63, 3.8) is 0 Å². The van der Waals surface area contributed by atoms with Crippen molar-refractivity contribution in [2.45, 2.75) is 12.5 Å². The lowest BCUT2D eigenvalue weighted by Gasteiger charge is -2.13. The van der Waals surface area contributed by atoms with Crippen molar-refractivity contribution in [1.82, 2.24) is 5.43 Å². The van der Waals surface area contributed by atoms with Gasteiger partial charge < -0.3 is 0 Å². The number of hydrogen-bond donors (Lipinski definition) is 2. The third-order valence-corrected chi connectivity index (χ3v) is 6.91. The van der Waals surface area contributed by atoms with E-state index in [4.69, 9.17) is 5.84 Å². The van der Waals surface area contributed by atoms with Crippen LogP contribution in [0, 0.1) is 0 Å². The molecule has 0 aliphatic rings. The topological polar surface area (TPSA) is 38.0 Å². The van der Waals surface area contributed by atoms with Crippen LogP contribution in [0.3, 0.4) is 0 Å². The van der Waals surface area contributed by atoms with E-state index in [0.29, 0.717) is 0 Å². The van der Waals surface area contributed by atoms with E-state index in [9.17, 15) is 0 Å². The van der Waals surface area contributed by atoms with Crippen LogP contribution in [-0.4, -0.2) is 0 Å². The van der Waals surface area contributed by atoms with Crippen LogP contribution in [0.25, 0.3) is 19.5 Å². The third-order valence-electron chi connectivity index (χ3n) is 3.69. The minimum Gasteiger partial charge on any atom is -0.271 e. The zero-order chi connectivity index (χ0) is 14.2. The van der Waals surface area contributed by atoms with Crippen molar-refractivity contribution in [2.75, 3.05) is 0 Å². The summed E-state index contributed by atoms with van der Waals surface area (Å²) in [6, 6.07) is 13.2. The molecule has 3 heterocycles. The van der Waals surface area contributed by atoms with Crippen LogP contribution >= 0.6 is 34.0 Å². The van der Waals surface area contributed by atoms with Gasteiger partial charge in [0.2, 0.25) is 0 Å². The number of thiophene rings is 3. The highest BCUT2D eigenvalue weighted by Gasteiger charge is 2.16. The van der Waals surface area contributed by atoms with Gasteiger partial charge in [-0.3, -0.25) is 11.3 Å². The van der Waals surface area contributed by atoms with E-state index in [1.807, 2.05) is 11.3 Å². The van der Waals surface area contributed by atoms with E-state index in [2.05, 4.69) is 52.6 Å². The van der Waals surface area contributed by atoms with Crippen LogP contribution in [0.2, 0.25) is 0 Å². The average Bonchev–Trinajstić information content (AvgIpc) is 3.19. The normalized spacial score (nSPS) is 13.2. The Morgan fingerprint density at radius 1 is 1.05 bits per heavy atom. The Morgan fingerprint density at radius 3 is 2.81 bits per heavy atom. The maximum atomic E-state index is 5.82. The van der Waals surface area contributed by atoms with Crippen LogP contribution in [0.15, 0.2) is 47.2 Å². The molecule has 0 aliphatic heterocycles. The predicted molar refractivity (Wildman–Crippen MR) is 95.3 cm³/mol. The molecule has 4 aromatic rings. The van der Waals surface area contributed by atoms with Gasteiger partial charge in [-0.2, -0.15) is 0 Å². The fraction of sp³-hybridized carbons (Fsp3) is 0.125. The van der Waals surface area contributed by atoms with Crippen molar-refractivity contribution in [3.05, 3.63) is 57.6 Å². The summed E-state index contributed by atoms with van der Waals surface area (Å²) in [7, 11) is 0. The molecule has 106 valence electrons. The Morgan fingerprint density at radius 2 is 1.95 bits per heavy atom. The molecule has 0 saturated carbocycles. The molecule has 0 amide bonds. The van der Waals surface area contributed by atoms with E-state index in [-0.39, 0.29) is 6.04 Å². The summed E-state index contributed by atoms with van der Waals surface area (Å²) in [6.07, 6.45) is 0.925. The van der Waals surface area contributed by atoms with Crippen LogP contribution in [-0.2, 0) is 6.42 Å². The minimum absolute atomic E-state index is 0.174. The largest absolute Gasteiger partial charge is 0.271 e. The first-order valence-corrected chi connectivity index (χ1v) is 9.31. The van der Waals surface area contributed by atoms with Gasteiger partial charge >= 0.3 is 0 Å². The van der Waals surface area contributed by atoms with Crippen molar-refractivity contribution in [2.24, 2.45) is 5.84 Å². The van der Waals surface area contributed by atoms with Gasteiger partial charge in [0, 0.05) is 19.0 Å². The fourth-order valence-electron chi connectivity index (χ4n) is 2.61. The zero-order valence-corrected chi connectivity index (χ0v) is 13.7. The summed E-state index contributed by atoms with van der Waals surface area (Å²) in [4.78, 5) is 1.31. The van der Waals surface area contributed by atoms with Crippen molar-refractivity contribution in [1.29, 1.82) is 0 Å². The Bertz CT molecular complexity index is 858. The average molecular weight is 331 g/mol. The second-order valence-electron chi connectivity index (χ2n) is 4.98. The fourth-order valence-corrected chi connectivity index (χ4v) is 5.76. The number of nitrogens with two attached hydrogens (primary N) is 1. The van der Waals surface area contributed by atoms with E-state index < -0.39 is 0 Å². The van der Waals surface area contributed by atoms with Crippen molar-refractivity contribution >= 4 is 53.5 Å². The molecule has 3 aromatic heterocycles. The lowest BCUT2D eigenvalue weighted by atomic mass is 10.0. The highest BCUT2D eigenvalue weighted by molar-refractivity contribution is 7.27. The number of benzene rings is 1. The van der Waals surface area contributed by atoms with Crippen LogP contribution in [0.1, 0.15) is 16.5 Å². The number of fused-ring (bicyclic) bond motifs is 2. The monoisotopic (exact) mass is 330 g/mol. The molecule has 2 nitrogen and oxygen atoms in total. The molecular weight excluding hydrogens is 316 g/mol. The number of hydrazine groups is 1. The van der Waals surface area contributed by atoms with Gasteiger partial charge in [-0.25, -0.2) is 0 Å². The Balaban J connectivity index is 1.68. The van der Waals surface area contributed by atoms with Gasteiger partial charge in [0.15, 0.2) is 0 Å². The molecule has 1 aromatic carbocycles. The maximum Gasteiger partial charge on any atom is 0.0594 e. The van der Waals surface area contributed by atoms with E-state index in [1.165, 1.54) is 29.9 Å². The molecule has 0 aliphatic carbocycles. The highest BCUT2D eigenvalue weighted by Crippen LogP contribution is 2.36. The third kappa shape index (κ3) is 2.41. The highest BCUT2D eigenvalue weighted by atomic mass is 32.1. The maximum absolute atomic E-state index is 5.82. The van der Waals surface area contributed by atoms with Gasteiger partial charge in [0.05, 0.1) is 6.04 Å². The molecule has 0 spiro atoms. The molecule has 3 N–H and O–H groups in total. The SMILES string of the molecule is NNC(Cc1csc2ccccc12)c1cc2sccc2s1. The second-order valence-corrected chi connectivity index (χ2v) is 7.95. The Kier molecular flexibility index (Phi) is 3.52. The van der Waals surface area contributed by atoms with Crippen LogP contribution in [0.5, 0.6) is 0 Å². The summed E-state index contributed by atoms with van der Waals surface area (Å²) in [5.41, 5.74) is 4.36. The zero-order valence-electron chi connectivity index (χ0n) is 11.2. The molecule has 0 fully saturated rings. The van der Waals surface area contributed by atoms with Crippen molar-refractivity contribution < 1.29 is 0 Å². The standard InChI is InChI=1S/C16H14N2S3/c17-18-12(15-8-16-14(21-15)5-6-19-16)7-10-9-20-13-4-2-1-3-11(10)13/h1-6,8-9,12,18H,7,17H2. The van der Waals surface area contributed by atoms with Gasteiger partial charge in [-0.15, -0.1) is 34.0 Å². The summed E-state index contributed by atoms with van der Waals surface area (Å²) in [5, 5.41) is 5.74. The molecule has 4 rings (SSSR count). The van der Waals surface area contributed by atoms with Gasteiger partial charge in [0.1, 0.15) is 0 Å². The molecule has 1 atom stereocenters. The van der Waals surface area contributed by atoms with Gasteiger partial charge in [-0.1, -0.05) is 18.2 Å². The van der Waals surface area contributed by atoms with Gasteiger partial charge in [0.25, 0.3) is 0 Å². The second kappa shape index (κ2) is 5.51. The summed E-state index contributed by atoms with van der Waals surface area (Å²) in [5.74, 6) is 5.82. The van der Waals surface area contributed by atoms with Gasteiger partial charge in [-0.05, 0) is 46.3 Å². The van der Waals surface area contributed by atoms with Crippen LogP contribution < -0.4 is 11.3 Å². The molecule has 0 bridgehead atoms. The lowest BCUT2D eigenvalue weighted by molar-refractivity contribution is 0.563. The summed E-state index contributed by atoms with van der Waals surface area (Å²) in [6.45, 7) is 0.